The van der Waals surface area contributed by atoms with Gasteiger partial charge in [0, 0.05) is 6.42 Å². The molecule has 0 fully saturated rings. The van der Waals surface area contributed by atoms with Crippen LogP contribution in [-0.4, -0.2) is 38.0 Å². The molecule has 1 heterocycles. The highest BCUT2D eigenvalue weighted by atomic mass is 16.6. The third kappa shape index (κ3) is 4.50. The van der Waals surface area contributed by atoms with Crippen LogP contribution in [0.25, 0.3) is 0 Å². The molecule has 1 N–H and O–H groups in total. The van der Waals surface area contributed by atoms with Crippen LogP contribution in [0.5, 0.6) is 11.5 Å². The second-order valence-electron chi connectivity index (χ2n) is 5.52. The van der Waals surface area contributed by atoms with Crippen LogP contribution < -0.4 is 14.8 Å². The molecule has 0 bridgehead atoms. The van der Waals surface area contributed by atoms with Gasteiger partial charge in [0.15, 0.2) is 0 Å². The van der Waals surface area contributed by atoms with Gasteiger partial charge in [-0.3, -0.25) is 4.79 Å². The largest absolute Gasteiger partial charge is 0.497 e. The van der Waals surface area contributed by atoms with E-state index in [1.807, 2.05) is 54.6 Å². The van der Waals surface area contributed by atoms with Gasteiger partial charge in [-0.2, -0.15) is 0 Å². The van der Waals surface area contributed by atoms with Crippen molar-refractivity contribution in [3.63, 3.8) is 0 Å². The van der Waals surface area contributed by atoms with Crippen molar-refractivity contribution < 1.29 is 19.1 Å². The predicted octanol–water partition coefficient (Wildman–Crippen LogP) is 2.38. The van der Waals surface area contributed by atoms with E-state index in [4.69, 9.17) is 14.3 Å². The number of amides is 1. The van der Waals surface area contributed by atoms with Crippen molar-refractivity contribution in [1.82, 2.24) is 5.32 Å². The molecule has 6 nitrogen and oxygen atoms in total. The molecule has 2 aromatic rings. The fourth-order valence-corrected chi connectivity index (χ4v) is 2.45. The smallest absolute Gasteiger partial charge is 0.264 e. The molecule has 1 amide bonds. The molecule has 6 heteroatoms. The summed E-state index contributed by atoms with van der Waals surface area (Å²) in [5, 5.41) is 6.82. The Labute approximate surface area is 146 Å². The third-order valence-electron chi connectivity index (χ3n) is 3.80. The molecule has 1 unspecified atom stereocenters. The molecule has 0 saturated heterocycles. The molecule has 0 saturated carbocycles. The van der Waals surface area contributed by atoms with Crippen LogP contribution in [0.1, 0.15) is 12.0 Å². The van der Waals surface area contributed by atoms with Crippen LogP contribution in [0.3, 0.4) is 0 Å². The Morgan fingerprint density at radius 3 is 2.60 bits per heavy atom. The molecule has 3 rings (SSSR count). The number of methoxy groups -OCH3 is 1. The highest BCUT2D eigenvalue weighted by molar-refractivity contribution is 6.04. The van der Waals surface area contributed by atoms with Crippen molar-refractivity contribution in [1.29, 1.82) is 0 Å². The number of nitrogens with one attached hydrogen (secondary N) is 1. The Kier molecular flexibility index (Phi) is 5.51. The Bertz CT molecular complexity index is 729. The van der Waals surface area contributed by atoms with Crippen molar-refractivity contribution in [2.24, 2.45) is 5.16 Å². The zero-order valence-corrected chi connectivity index (χ0v) is 14.0. The lowest BCUT2D eigenvalue weighted by Crippen LogP contribution is -2.37. The molecule has 0 spiro atoms. The molecule has 0 radical (unpaired) electrons. The van der Waals surface area contributed by atoms with E-state index >= 15 is 0 Å². The van der Waals surface area contributed by atoms with Gasteiger partial charge in [-0.25, -0.2) is 0 Å². The van der Waals surface area contributed by atoms with Gasteiger partial charge in [0.25, 0.3) is 5.91 Å². The molecule has 2 aromatic carbocycles. The maximum absolute atomic E-state index is 12.1. The van der Waals surface area contributed by atoms with Crippen LogP contribution in [0.4, 0.5) is 0 Å². The molecular weight excluding hydrogens is 320 g/mol. The maximum atomic E-state index is 12.1. The summed E-state index contributed by atoms with van der Waals surface area (Å²) in [5.41, 5.74) is 1.76. The number of ether oxygens (including phenoxy) is 2. The first-order valence-corrected chi connectivity index (χ1v) is 8.09. The summed E-state index contributed by atoms with van der Waals surface area (Å²) in [6.45, 7) is 0.766. The number of oxime groups is 1. The fraction of sp³-hybridized carbons (Fsp3) is 0.263. The van der Waals surface area contributed by atoms with E-state index in [2.05, 4.69) is 10.5 Å². The van der Waals surface area contributed by atoms with Crippen LogP contribution >= 0.6 is 0 Å². The minimum absolute atomic E-state index is 0.187. The Hall–Kier alpha value is -3.02. The first-order chi connectivity index (χ1) is 12.3. The van der Waals surface area contributed by atoms with E-state index in [-0.39, 0.29) is 5.91 Å². The molecule has 1 aliphatic rings. The molecule has 0 aliphatic carbocycles. The topological polar surface area (TPSA) is 69.2 Å². The number of carbonyl (C=O) groups excluding carboxylic acids is 1. The molecule has 130 valence electrons. The van der Waals surface area contributed by atoms with Gasteiger partial charge in [0.05, 0.1) is 19.4 Å². The molecular formula is C19H20N2O4. The lowest BCUT2D eigenvalue weighted by Gasteiger charge is -2.10. The predicted molar refractivity (Wildman–Crippen MR) is 94.0 cm³/mol. The zero-order valence-electron chi connectivity index (χ0n) is 14.0. The van der Waals surface area contributed by atoms with Crippen LogP contribution in [-0.2, 0) is 9.63 Å². The first kappa shape index (κ1) is 16.8. The molecule has 0 aromatic heterocycles. The summed E-state index contributed by atoms with van der Waals surface area (Å²) in [5.74, 6) is 1.31. The van der Waals surface area contributed by atoms with Crippen LogP contribution in [0.2, 0.25) is 0 Å². The maximum Gasteiger partial charge on any atom is 0.264 e. The number of rotatable bonds is 7. The molecule has 1 atom stereocenters. The summed E-state index contributed by atoms with van der Waals surface area (Å²) in [4.78, 5) is 17.4. The van der Waals surface area contributed by atoms with Gasteiger partial charge in [-0.15, -0.1) is 0 Å². The SMILES string of the molecule is COc1ccc(OCCNC(=O)C2CC(c3ccccc3)=NO2)cc1. The van der Waals surface area contributed by atoms with Crippen molar-refractivity contribution in [3.8, 4) is 11.5 Å². The van der Waals surface area contributed by atoms with Gasteiger partial charge in [0.2, 0.25) is 6.10 Å². The van der Waals surface area contributed by atoms with E-state index in [1.54, 1.807) is 7.11 Å². The summed E-state index contributed by atoms with van der Waals surface area (Å²) in [6, 6.07) is 17.0. The lowest BCUT2D eigenvalue weighted by molar-refractivity contribution is -0.131. The fourth-order valence-electron chi connectivity index (χ4n) is 2.45. The van der Waals surface area contributed by atoms with E-state index in [1.165, 1.54) is 0 Å². The Balaban J connectivity index is 1.38. The summed E-state index contributed by atoms with van der Waals surface area (Å²) in [7, 11) is 1.61. The molecule has 25 heavy (non-hydrogen) atoms. The third-order valence-corrected chi connectivity index (χ3v) is 3.80. The summed E-state index contributed by atoms with van der Waals surface area (Å²) in [6.07, 6.45) is -0.119. The lowest BCUT2D eigenvalue weighted by atomic mass is 10.0. The van der Waals surface area contributed by atoms with Crippen LogP contribution in [0, 0.1) is 0 Å². The number of hydrogen-bond donors (Lipinski definition) is 1. The molecule has 1 aliphatic heterocycles. The second kappa shape index (κ2) is 8.19. The highest BCUT2D eigenvalue weighted by Crippen LogP contribution is 2.17. The monoisotopic (exact) mass is 340 g/mol. The van der Waals surface area contributed by atoms with Gasteiger partial charge in [-0.05, 0) is 29.8 Å². The minimum atomic E-state index is -0.587. The van der Waals surface area contributed by atoms with E-state index < -0.39 is 6.10 Å². The quantitative estimate of drug-likeness (QED) is 0.786. The zero-order chi connectivity index (χ0) is 17.5. The van der Waals surface area contributed by atoms with Crippen molar-refractivity contribution in [2.75, 3.05) is 20.3 Å². The van der Waals surface area contributed by atoms with Gasteiger partial charge in [-0.1, -0.05) is 35.5 Å². The number of hydrogen-bond acceptors (Lipinski definition) is 5. The number of benzene rings is 2. The summed E-state index contributed by atoms with van der Waals surface area (Å²) < 4.78 is 10.7. The number of carbonyl (C=O) groups is 1. The van der Waals surface area contributed by atoms with E-state index in [0.717, 1.165) is 22.8 Å². The van der Waals surface area contributed by atoms with E-state index in [9.17, 15) is 4.79 Å². The minimum Gasteiger partial charge on any atom is -0.497 e. The average Bonchev–Trinajstić information content (AvgIpc) is 3.16. The average molecular weight is 340 g/mol. The van der Waals surface area contributed by atoms with Gasteiger partial charge in [0.1, 0.15) is 18.1 Å². The second-order valence-corrected chi connectivity index (χ2v) is 5.52. The highest BCUT2D eigenvalue weighted by Gasteiger charge is 2.28. The normalized spacial score (nSPS) is 15.9. The Morgan fingerprint density at radius 2 is 1.88 bits per heavy atom. The van der Waals surface area contributed by atoms with Crippen LogP contribution in [0.15, 0.2) is 59.8 Å². The first-order valence-electron chi connectivity index (χ1n) is 8.09. The standard InChI is InChI=1S/C19H20N2O4/c1-23-15-7-9-16(10-8-15)24-12-11-20-19(22)18-13-17(21-25-18)14-5-3-2-4-6-14/h2-10,18H,11-13H2,1H3,(H,20,22). The van der Waals surface area contributed by atoms with Crippen molar-refractivity contribution >= 4 is 11.6 Å². The van der Waals surface area contributed by atoms with E-state index in [0.29, 0.717) is 19.6 Å². The van der Waals surface area contributed by atoms with Gasteiger partial charge >= 0.3 is 0 Å². The summed E-state index contributed by atoms with van der Waals surface area (Å²) >= 11 is 0. The number of nitrogens with zero attached hydrogens (tertiary/aromatic N) is 1. The Morgan fingerprint density at radius 1 is 1.16 bits per heavy atom. The van der Waals surface area contributed by atoms with Gasteiger partial charge < -0.3 is 19.6 Å². The van der Waals surface area contributed by atoms with Crippen molar-refractivity contribution in [3.05, 3.63) is 60.2 Å². The van der Waals surface area contributed by atoms with Crippen molar-refractivity contribution in [2.45, 2.75) is 12.5 Å².